The van der Waals surface area contributed by atoms with Gasteiger partial charge in [-0.1, -0.05) is 57.2 Å². The number of rotatable bonds is 8. The van der Waals surface area contributed by atoms with Gasteiger partial charge in [0.15, 0.2) is 5.13 Å². The summed E-state index contributed by atoms with van der Waals surface area (Å²) < 4.78 is 14.2. The van der Waals surface area contributed by atoms with Crippen LogP contribution < -0.4 is 10.2 Å². The van der Waals surface area contributed by atoms with Gasteiger partial charge in [0.25, 0.3) is 0 Å². The average molecular weight is 466 g/mol. The molecule has 0 saturated heterocycles. The highest BCUT2D eigenvalue weighted by Gasteiger charge is 2.21. The highest BCUT2D eigenvalue weighted by atomic mass is 32.1. The zero-order valence-electron chi connectivity index (χ0n) is 19.2. The van der Waals surface area contributed by atoms with E-state index in [1.54, 1.807) is 23.6 Å². The molecule has 33 heavy (non-hydrogen) atoms. The predicted octanol–water partition coefficient (Wildman–Crippen LogP) is 6.06. The summed E-state index contributed by atoms with van der Waals surface area (Å²) in [7, 11) is 0. The Labute approximate surface area is 198 Å². The van der Waals surface area contributed by atoms with Gasteiger partial charge in [-0.2, -0.15) is 0 Å². The van der Waals surface area contributed by atoms with Crippen molar-refractivity contribution >= 4 is 40.0 Å². The fourth-order valence-electron chi connectivity index (χ4n) is 3.45. The molecule has 0 spiro atoms. The summed E-state index contributed by atoms with van der Waals surface area (Å²) in [5, 5.41) is 5.12. The Hall–Kier alpha value is -3.32. The van der Waals surface area contributed by atoms with E-state index >= 15 is 0 Å². The van der Waals surface area contributed by atoms with E-state index in [0.717, 1.165) is 12.0 Å². The van der Waals surface area contributed by atoms with Crippen LogP contribution in [-0.2, 0) is 16.0 Å². The summed E-state index contributed by atoms with van der Waals surface area (Å²) in [6, 6.07) is 14.2. The number of anilines is 2. The first-order valence-corrected chi connectivity index (χ1v) is 11.8. The van der Waals surface area contributed by atoms with Crippen LogP contribution >= 0.6 is 11.3 Å². The maximum absolute atomic E-state index is 14.2. The predicted molar refractivity (Wildman–Crippen MR) is 132 cm³/mol. The Balaban J connectivity index is 1.73. The van der Waals surface area contributed by atoms with E-state index in [0.29, 0.717) is 10.8 Å². The third-order valence-electron chi connectivity index (χ3n) is 5.23. The number of aromatic nitrogens is 1. The Bertz CT molecular complexity index is 1140. The van der Waals surface area contributed by atoms with Gasteiger partial charge >= 0.3 is 0 Å². The smallest absolute Gasteiger partial charge is 0.244 e. The van der Waals surface area contributed by atoms with E-state index in [1.807, 2.05) is 0 Å². The van der Waals surface area contributed by atoms with Gasteiger partial charge in [0.05, 0.1) is 17.4 Å². The number of halogens is 1. The topological polar surface area (TPSA) is 62.3 Å². The Morgan fingerprint density at radius 3 is 2.45 bits per heavy atom. The van der Waals surface area contributed by atoms with E-state index in [1.165, 1.54) is 46.9 Å². The van der Waals surface area contributed by atoms with Crippen molar-refractivity contribution in [3.05, 3.63) is 82.6 Å². The number of thiazole rings is 1. The summed E-state index contributed by atoms with van der Waals surface area (Å²) in [5.41, 5.74) is 2.96. The molecule has 0 aliphatic rings. The van der Waals surface area contributed by atoms with Gasteiger partial charge in [-0.25, -0.2) is 9.37 Å². The van der Waals surface area contributed by atoms with E-state index in [-0.39, 0.29) is 29.5 Å². The summed E-state index contributed by atoms with van der Waals surface area (Å²) >= 11 is 1.20. The van der Waals surface area contributed by atoms with Gasteiger partial charge in [0.2, 0.25) is 11.8 Å². The number of hydrogen-bond acceptors (Lipinski definition) is 4. The molecule has 0 saturated carbocycles. The molecule has 1 heterocycles. The van der Waals surface area contributed by atoms with Crippen molar-refractivity contribution < 1.29 is 14.0 Å². The van der Waals surface area contributed by atoms with Crippen LogP contribution in [0.1, 0.15) is 50.6 Å². The molecule has 1 atom stereocenters. The van der Waals surface area contributed by atoms with Crippen molar-refractivity contribution in [1.82, 2.24) is 10.3 Å². The molecule has 5 nitrogen and oxygen atoms in total. The number of nitrogens with zero attached hydrogens (tertiary/aromatic N) is 2. The summed E-state index contributed by atoms with van der Waals surface area (Å²) in [5.74, 6) is -0.881. The molecule has 2 amide bonds. The largest absolute Gasteiger partial charge is 0.345 e. The van der Waals surface area contributed by atoms with Crippen LogP contribution in [0.3, 0.4) is 0 Å². The normalized spacial score (nSPS) is 12.2. The molecular formula is C26H28FN3O2S. The fourth-order valence-corrected chi connectivity index (χ4v) is 4.30. The fraction of sp³-hybridized carbons (Fsp3) is 0.269. The van der Waals surface area contributed by atoms with Gasteiger partial charge in [0, 0.05) is 18.4 Å². The third kappa shape index (κ3) is 6.14. The molecule has 3 rings (SSSR count). The maximum Gasteiger partial charge on any atom is 0.244 e. The van der Waals surface area contributed by atoms with Crippen molar-refractivity contribution in [3.63, 3.8) is 0 Å². The minimum absolute atomic E-state index is 0.117. The molecule has 0 bridgehead atoms. The van der Waals surface area contributed by atoms with E-state index in [2.05, 4.69) is 55.3 Å². The van der Waals surface area contributed by atoms with Crippen molar-refractivity contribution in [2.75, 3.05) is 4.90 Å². The first-order valence-electron chi connectivity index (χ1n) is 10.9. The number of nitrogens with one attached hydrogen (secondary N) is 1. The molecule has 2 aromatic carbocycles. The van der Waals surface area contributed by atoms with E-state index < -0.39 is 5.82 Å². The minimum Gasteiger partial charge on any atom is -0.345 e. The third-order valence-corrected chi connectivity index (χ3v) is 6.07. The van der Waals surface area contributed by atoms with Crippen LogP contribution in [0.25, 0.3) is 6.08 Å². The van der Waals surface area contributed by atoms with Crippen molar-refractivity contribution in [2.24, 2.45) is 5.92 Å². The first-order chi connectivity index (χ1) is 15.8. The first kappa shape index (κ1) is 24.3. The van der Waals surface area contributed by atoms with E-state index in [4.69, 9.17) is 0 Å². The van der Waals surface area contributed by atoms with Crippen LogP contribution in [0.4, 0.5) is 15.2 Å². The van der Waals surface area contributed by atoms with Gasteiger partial charge in [-0.15, -0.1) is 11.3 Å². The number of carbonyl (C=O) groups is 2. The number of aryl methyl sites for hydroxylation is 1. The standard InChI is InChI=1S/C26H28FN3O2S/c1-5-19-10-12-20(13-11-19)25(17(2)3)29-24(32)15-14-21-16-33-26(28-21)30(18(4)31)23-9-7-6-8-22(23)27/h6-17,25H,5H2,1-4H3,(H,29,32)/b15-14+. The lowest BCUT2D eigenvalue weighted by Gasteiger charge is -2.22. The molecular weight excluding hydrogens is 437 g/mol. The lowest BCUT2D eigenvalue weighted by molar-refractivity contribution is -0.117. The Morgan fingerprint density at radius 2 is 1.85 bits per heavy atom. The van der Waals surface area contributed by atoms with Crippen molar-refractivity contribution in [3.8, 4) is 0 Å². The molecule has 0 aliphatic heterocycles. The molecule has 0 radical (unpaired) electrons. The van der Waals surface area contributed by atoms with Crippen LogP contribution in [0.15, 0.2) is 60.0 Å². The number of carbonyl (C=O) groups excluding carboxylic acids is 2. The van der Waals surface area contributed by atoms with Crippen LogP contribution in [0.2, 0.25) is 0 Å². The lowest BCUT2D eigenvalue weighted by atomic mass is 9.95. The second kappa shape index (κ2) is 11.0. The molecule has 7 heteroatoms. The SMILES string of the molecule is CCc1ccc(C(NC(=O)/C=C/c2csc(N(C(C)=O)c3ccccc3F)n2)C(C)C)cc1. The number of para-hydroxylation sites is 1. The van der Waals surface area contributed by atoms with Gasteiger partial charge in [-0.3, -0.25) is 14.5 Å². The molecule has 0 fully saturated rings. The number of hydrogen-bond donors (Lipinski definition) is 1. The van der Waals surface area contributed by atoms with E-state index in [9.17, 15) is 14.0 Å². The maximum atomic E-state index is 14.2. The second-order valence-corrected chi connectivity index (χ2v) is 8.86. The molecule has 172 valence electrons. The van der Waals surface area contributed by atoms with Gasteiger partial charge in [-0.05, 0) is 41.7 Å². The molecule has 1 N–H and O–H groups in total. The minimum atomic E-state index is -0.508. The Kier molecular flexibility index (Phi) is 8.11. The highest BCUT2D eigenvalue weighted by Crippen LogP contribution is 2.31. The summed E-state index contributed by atoms with van der Waals surface area (Å²) in [6.45, 7) is 7.59. The highest BCUT2D eigenvalue weighted by molar-refractivity contribution is 7.14. The molecule has 3 aromatic rings. The Morgan fingerprint density at radius 1 is 1.15 bits per heavy atom. The quantitative estimate of drug-likeness (QED) is 0.412. The van der Waals surface area contributed by atoms with Gasteiger partial charge in [0.1, 0.15) is 5.82 Å². The van der Waals surface area contributed by atoms with Crippen molar-refractivity contribution in [2.45, 2.75) is 40.2 Å². The number of amides is 2. The lowest BCUT2D eigenvalue weighted by Crippen LogP contribution is -2.30. The van der Waals surface area contributed by atoms with Gasteiger partial charge < -0.3 is 5.32 Å². The number of benzene rings is 2. The zero-order valence-corrected chi connectivity index (χ0v) is 20.0. The van der Waals surface area contributed by atoms with Crippen LogP contribution in [0.5, 0.6) is 0 Å². The molecule has 1 aromatic heterocycles. The summed E-state index contributed by atoms with van der Waals surface area (Å²) in [4.78, 5) is 30.4. The monoisotopic (exact) mass is 465 g/mol. The molecule has 0 aliphatic carbocycles. The average Bonchev–Trinajstić information content (AvgIpc) is 3.25. The molecule has 1 unspecified atom stereocenters. The van der Waals surface area contributed by atoms with Crippen LogP contribution in [-0.4, -0.2) is 16.8 Å². The second-order valence-electron chi connectivity index (χ2n) is 8.02. The van der Waals surface area contributed by atoms with Crippen molar-refractivity contribution in [1.29, 1.82) is 0 Å². The zero-order chi connectivity index (χ0) is 24.0. The summed E-state index contributed by atoms with van der Waals surface area (Å²) in [6.07, 6.45) is 3.98. The van der Waals surface area contributed by atoms with Crippen LogP contribution in [0, 0.1) is 11.7 Å².